The highest BCUT2D eigenvalue weighted by molar-refractivity contribution is 7.89. The first-order chi connectivity index (χ1) is 18.5. The molecule has 0 bridgehead atoms. The van der Waals surface area contributed by atoms with E-state index in [2.05, 4.69) is 16.0 Å². The van der Waals surface area contributed by atoms with Crippen LogP contribution < -0.4 is 20.7 Å². The van der Waals surface area contributed by atoms with Crippen molar-refractivity contribution >= 4 is 33.5 Å². The number of amides is 3. The van der Waals surface area contributed by atoms with Gasteiger partial charge in [0.05, 0.1) is 24.8 Å². The van der Waals surface area contributed by atoms with Crippen molar-refractivity contribution in [3.63, 3.8) is 0 Å². The average molecular weight is 563 g/mol. The normalized spacial score (nSPS) is 17.2. The molecule has 1 unspecified atom stereocenters. The van der Waals surface area contributed by atoms with Crippen LogP contribution in [-0.2, 0) is 24.4 Å². The lowest BCUT2D eigenvalue weighted by Gasteiger charge is -2.30. The molecule has 1 fully saturated rings. The van der Waals surface area contributed by atoms with Crippen molar-refractivity contribution < 1.29 is 36.7 Å². The average Bonchev–Trinajstić information content (AvgIpc) is 3.38. The number of rotatable bonds is 11. The predicted molar refractivity (Wildman–Crippen MR) is 140 cm³/mol. The first-order valence-electron chi connectivity index (χ1n) is 12.6. The van der Waals surface area contributed by atoms with Crippen molar-refractivity contribution in [3.05, 3.63) is 48.4 Å². The Morgan fingerprint density at radius 3 is 2.46 bits per heavy atom. The standard InChI is InChI=1S/C26H34N4O8S/c1-17(2)15-20(28-23(32)16-27-26(34)22-8-6-14-38-22)25(33)29-24-21(31)7-4-5-13-30(24)39(35,36)19-11-9-18(37-3)10-12-19/h6,8-12,14,17,20,24H,4-5,7,13,15-16H2,1-3H3,(H,27,34)(H,28,32)(H,29,33)/t20?,24-/m0/s1. The summed E-state index contributed by atoms with van der Waals surface area (Å²) in [6.45, 7) is 3.32. The number of sulfonamides is 1. The quantitative estimate of drug-likeness (QED) is 0.370. The van der Waals surface area contributed by atoms with Crippen molar-refractivity contribution in [1.29, 1.82) is 0 Å². The molecule has 1 aromatic carbocycles. The highest BCUT2D eigenvalue weighted by Crippen LogP contribution is 2.24. The van der Waals surface area contributed by atoms with E-state index < -0.39 is 52.3 Å². The molecule has 0 saturated carbocycles. The third kappa shape index (κ3) is 7.90. The molecule has 12 nitrogen and oxygen atoms in total. The Hall–Kier alpha value is -3.71. The molecule has 0 radical (unpaired) electrons. The van der Waals surface area contributed by atoms with E-state index in [-0.39, 0.29) is 36.0 Å². The van der Waals surface area contributed by atoms with Crippen molar-refractivity contribution in [2.75, 3.05) is 20.2 Å². The summed E-state index contributed by atoms with van der Waals surface area (Å²) in [6, 6.07) is 7.66. The number of hydrogen-bond donors (Lipinski definition) is 3. The Kier molecular flexibility index (Phi) is 10.2. The minimum absolute atomic E-state index is 0.0253. The number of benzene rings is 1. The number of nitrogens with zero attached hydrogens (tertiary/aromatic N) is 1. The fourth-order valence-corrected chi connectivity index (χ4v) is 5.69. The van der Waals surface area contributed by atoms with Crippen LogP contribution >= 0.6 is 0 Å². The predicted octanol–water partition coefficient (Wildman–Crippen LogP) is 1.44. The number of furan rings is 1. The zero-order chi connectivity index (χ0) is 28.6. The summed E-state index contributed by atoms with van der Waals surface area (Å²) in [5, 5.41) is 7.55. The van der Waals surface area contributed by atoms with Crippen LogP contribution in [0.25, 0.3) is 0 Å². The molecule has 1 aliphatic rings. The molecule has 2 heterocycles. The molecule has 13 heteroatoms. The van der Waals surface area contributed by atoms with Crippen LogP contribution in [0.3, 0.4) is 0 Å². The molecule has 39 heavy (non-hydrogen) atoms. The number of hydrogen-bond acceptors (Lipinski definition) is 8. The second kappa shape index (κ2) is 13.4. The van der Waals surface area contributed by atoms with Gasteiger partial charge < -0.3 is 25.1 Å². The van der Waals surface area contributed by atoms with Gasteiger partial charge in [-0.05, 0) is 61.6 Å². The Balaban J connectivity index is 1.76. The second-order valence-electron chi connectivity index (χ2n) is 9.54. The molecule has 1 saturated heterocycles. The number of nitrogens with one attached hydrogen (secondary N) is 3. The van der Waals surface area contributed by atoms with E-state index in [0.717, 1.165) is 4.31 Å². The van der Waals surface area contributed by atoms with E-state index in [1.165, 1.54) is 49.8 Å². The molecule has 212 valence electrons. The second-order valence-corrected chi connectivity index (χ2v) is 11.4. The molecule has 0 aliphatic carbocycles. The Labute approximate surface area is 227 Å². The van der Waals surface area contributed by atoms with Crippen LogP contribution in [0.1, 0.15) is 50.1 Å². The summed E-state index contributed by atoms with van der Waals surface area (Å²) in [7, 11) is -2.69. The van der Waals surface area contributed by atoms with Crippen molar-refractivity contribution in [3.8, 4) is 5.75 Å². The zero-order valence-corrected chi connectivity index (χ0v) is 23.0. The summed E-state index contributed by atoms with van der Waals surface area (Å²) >= 11 is 0. The smallest absolute Gasteiger partial charge is 0.287 e. The topological polar surface area (TPSA) is 164 Å². The lowest BCUT2D eigenvalue weighted by molar-refractivity contribution is -0.133. The summed E-state index contributed by atoms with van der Waals surface area (Å²) in [4.78, 5) is 50.9. The SMILES string of the molecule is COc1ccc(S(=O)(=O)N2CCCCC(=O)[C@H]2NC(=O)C(CC(C)C)NC(=O)CNC(=O)c2ccco2)cc1. The van der Waals surface area contributed by atoms with Gasteiger partial charge in [-0.15, -0.1) is 0 Å². The Morgan fingerprint density at radius 1 is 1.13 bits per heavy atom. The highest BCUT2D eigenvalue weighted by Gasteiger charge is 2.39. The molecule has 2 atom stereocenters. The number of methoxy groups -OCH3 is 1. The Morgan fingerprint density at radius 2 is 1.85 bits per heavy atom. The van der Waals surface area contributed by atoms with Crippen molar-refractivity contribution in [1.82, 2.24) is 20.3 Å². The van der Waals surface area contributed by atoms with Gasteiger partial charge in [0.25, 0.3) is 5.91 Å². The van der Waals surface area contributed by atoms with E-state index in [9.17, 15) is 27.6 Å². The van der Waals surface area contributed by atoms with E-state index >= 15 is 0 Å². The lowest BCUT2D eigenvalue weighted by Crippen LogP contribution is -2.59. The van der Waals surface area contributed by atoms with Crippen molar-refractivity contribution in [2.24, 2.45) is 5.92 Å². The zero-order valence-electron chi connectivity index (χ0n) is 22.1. The van der Waals surface area contributed by atoms with E-state index in [1.54, 1.807) is 0 Å². The first kappa shape index (κ1) is 29.8. The van der Waals surface area contributed by atoms with Gasteiger partial charge in [0.1, 0.15) is 11.8 Å². The fourth-order valence-electron chi connectivity index (χ4n) is 4.13. The Bertz CT molecular complexity index is 1260. The summed E-state index contributed by atoms with van der Waals surface area (Å²) < 4.78 is 38.1. The van der Waals surface area contributed by atoms with E-state index in [1.807, 2.05) is 13.8 Å². The minimum Gasteiger partial charge on any atom is -0.497 e. The van der Waals surface area contributed by atoms with E-state index in [0.29, 0.717) is 18.6 Å². The summed E-state index contributed by atoms with van der Waals surface area (Å²) in [6.07, 6.45) is 1.12. The number of ether oxygens (including phenoxy) is 1. The number of ketones is 1. The highest BCUT2D eigenvalue weighted by atomic mass is 32.2. The van der Waals surface area contributed by atoms with Gasteiger partial charge in [-0.25, -0.2) is 8.42 Å². The fraction of sp³-hybridized carbons (Fsp3) is 0.462. The van der Waals surface area contributed by atoms with Crippen molar-refractivity contribution in [2.45, 2.75) is 56.6 Å². The molecular formula is C26H34N4O8S. The van der Waals surface area contributed by atoms with Crippen LogP contribution in [0.4, 0.5) is 0 Å². The minimum atomic E-state index is -4.15. The largest absolute Gasteiger partial charge is 0.497 e. The first-order valence-corrected chi connectivity index (χ1v) is 14.1. The summed E-state index contributed by atoms with van der Waals surface area (Å²) in [5.41, 5.74) is 0. The van der Waals surface area contributed by atoms with Gasteiger partial charge in [0.15, 0.2) is 17.7 Å². The number of Topliss-reactive ketones (excluding diaryl/α,β-unsaturated/α-hetero) is 1. The van der Waals surface area contributed by atoms with Gasteiger partial charge in [-0.2, -0.15) is 4.31 Å². The maximum absolute atomic E-state index is 13.5. The van der Waals surface area contributed by atoms with Crippen LogP contribution in [-0.4, -0.2) is 68.6 Å². The van der Waals surface area contributed by atoms with Gasteiger partial charge in [-0.3, -0.25) is 19.2 Å². The molecule has 3 N–H and O–H groups in total. The molecule has 0 spiro atoms. The number of carbonyl (C=O) groups is 4. The molecule has 1 aliphatic heterocycles. The van der Waals surface area contributed by atoms with Gasteiger partial charge in [-0.1, -0.05) is 13.8 Å². The molecular weight excluding hydrogens is 528 g/mol. The maximum atomic E-state index is 13.5. The van der Waals surface area contributed by atoms with Crippen LogP contribution in [0, 0.1) is 5.92 Å². The van der Waals surface area contributed by atoms with Crippen LogP contribution in [0.15, 0.2) is 52.0 Å². The molecule has 3 rings (SSSR count). The third-order valence-corrected chi connectivity index (χ3v) is 7.98. The van der Waals surface area contributed by atoms with Crippen LogP contribution in [0.5, 0.6) is 5.75 Å². The maximum Gasteiger partial charge on any atom is 0.287 e. The van der Waals surface area contributed by atoms with Crippen LogP contribution in [0.2, 0.25) is 0 Å². The third-order valence-electron chi connectivity index (χ3n) is 6.10. The summed E-state index contributed by atoms with van der Waals surface area (Å²) in [5.74, 6) is -1.90. The number of carbonyl (C=O) groups excluding carboxylic acids is 4. The monoisotopic (exact) mass is 562 g/mol. The lowest BCUT2D eigenvalue weighted by atomic mass is 10.0. The van der Waals surface area contributed by atoms with Gasteiger partial charge in [0.2, 0.25) is 21.8 Å². The van der Waals surface area contributed by atoms with E-state index in [4.69, 9.17) is 9.15 Å². The van der Waals surface area contributed by atoms with Gasteiger partial charge in [0, 0.05) is 13.0 Å². The molecule has 1 aromatic heterocycles. The molecule has 3 amide bonds. The molecule has 2 aromatic rings. The van der Waals surface area contributed by atoms with Gasteiger partial charge >= 0.3 is 0 Å².